The van der Waals surface area contributed by atoms with Gasteiger partial charge >= 0.3 is 0 Å². The first-order valence-electron chi connectivity index (χ1n) is 5.75. The Labute approximate surface area is 125 Å². The molecule has 4 nitrogen and oxygen atoms in total. The smallest absolute Gasteiger partial charge is 0.150 e. The van der Waals surface area contributed by atoms with E-state index in [1.807, 2.05) is 37.3 Å². The summed E-state index contributed by atoms with van der Waals surface area (Å²) in [6, 6.07) is 9.88. The molecule has 0 aliphatic carbocycles. The maximum absolute atomic E-state index is 5.93. The quantitative estimate of drug-likeness (QED) is 0.512. The number of aromatic nitrogens is 2. The zero-order valence-electron chi connectivity index (χ0n) is 10.5. The van der Waals surface area contributed by atoms with Crippen LogP contribution in [0.25, 0.3) is 5.57 Å². The molecule has 2 aromatic rings. The minimum Gasteiger partial charge on any atom is -0.490 e. The molecule has 2 rings (SSSR count). The largest absolute Gasteiger partial charge is 0.490 e. The average molecular weight is 367 g/mol. The van der Waals surface area contributed by atoms with Crippen molar-refractivity contribution in [2.75, 3.05) is 10.3 Å². The van der Waals surface area contributed by atoms with Crippen molar-refractivity contribution in [1.82, 2.24) is 9.97 Å². The lowest BCUT2D eigenvalue weighted by atomic mass is 10.0. The normalized spacial score (nSPS) is 11.4. The number of aryl methyl sites for hydroxylation is 1. The number of alkyl halides is 1. The van der Waals surface area contributed by atoms with Crippen LogP contribution in [0.5, 0.6) is 0 Å². The molecule has 19 heavy (non-hydrogen) atoms. The van der Waals surface area contributed by atoms with Crippen LogP contribution in [-0.4, -0.2) is 14.6 Å². The number of rotatable bonds is 4. The Kier molecular flexibility index (Phi) is 4.73. The van der Waals surface area contributed by atoms with Crippen LogP contribution >= 0.6 is 22.6 Å². The predicted octanol–water partition coefficient (Wildman–Crippen LogP) is 3.17. The maximum atomic E-state index is 5.93. The van der Waals surface area contributed by atoms with Crippen molar-refractivity contribution in [3.63, 3.8) is 0 Å². The molecule has 0 aliphatic heterocycles. The van der Waals surface area contributed by atoms with E-state index in [4.69, 9.17) is 10.5 Å². The maximum Gasteiger partial charge on any atom is 0.150 e. The summed E-state index contributed by atoms with van der Waals surface area (Å²) in [4.78, 5) is 8.61. The monoisotopic (exact) mass is 367 g/mol. The Morgan fingerprint density at radius 2 is 2.11 bits per heavy atom. The summed E-state index contributed by atoms with van der Waals surface area (Å²) in [7, 11) is 0. The van der Waals surface area contributed by atoms with Crippen molar-refractivity contribution in [3.05, 3.63) is 59.7 Å². The van der Waals surface area contributed by atoms with Crippen LogP contribution in [0.3, 0.4) is 0 Å². The summed E-state index contributed by atoms with van der Waals surface area (Å²) in [6.07, 6.45) is 3.34. The Hall–Kier alpha value is -1.63. The van der Waals surface area contributed by atoms with Gasteiger partial charge in [-0.15, -0.1) is 0 Å². The fraction of sp³-hybridized carbons (Fsp3) is 0.143. The van der Waals surface area contributed by atoms with Gasteiger partial charge in [-0.25, -0.2) is 9.97 Å². The fourth-order valence-electron chi connectivity index (χ4n) is 1.68. The third-order valence-corrected chi connectivity index (χ3v) is 2.88. The summed E-state index contributed by atoms with van der Waals surface area (Å²) in [5, 5.41) is 0. The highest BCUT2D eigenvalue weighted by Gasteiger charge is 2.12. The van der Waals surface area contributed by atoms with Crippen molar-refractivity contribution in [2.45, 2.75) is 6.92 Å². The highest BCUT2D eigenvalue weighted by molar-refractivity contribution is 14.1. The van der Waals surface area contributed by atoms with Crippen LogP contribution in [-0.2, 0) is 4.74 Å². The number of anilines is 1. The first-order valence-corrected chi connectivity index (χ1v) is 7.27. The SMILES string of the molecule is Cc1cnc(N)c(/C(=C/OCI)c2ccccc2)n1. The van der Waals surface area contributed by atoms with Crippen LogP contribution in [0.4, 0.5) is 5.82 Å². The van der Waals surface area contributed by atoms with E-state index in [1.165, 1.54) is 0 Å². The van der Waals surface area contributed by atoms with Gasteiger partial charge in [0.25, 0.3) is 0 Å². The van der Waals surface area contributed by atoms with Crippen molar-refractivity contribution in [1.29, 1.82) is 0 Å². The number of nitrogens with zero attached hydrogens (tertiary/aromatic N) is 2. The van der Waals surface area contributed by atoms with E-state index in [9.17, 15) is 0 Å². The molecule has 1 aromatic carbocycles. The zero-order chi connectivity index (χ0) is 13.7. The molecule has 1 aromatic heterocycles. The molecule has 2 N–H and O–H groups in total. The number of hydrogen-bond donors (Lipinski definition) is 1. The van der Waals surface area contributed by atoms with E-state index >= 15 is 0 Å². The first-order chi connectivity index (χ1) is 9.22. The molecule has 0 saturated heterocycles. The van der Waals surface area contributed by atoms with Gasteiger partial charge in [0, 0.05) is 5.57 Å². The van der Waals surface area contributed by atoms with Crippen molar-refractivity contribution >= 4 is 34.0 Å². The number of hydrogen-bond acceptors (Lipinski definition) is 4. The molecule has 98 valence electrons. The molecule has 0 saturated carbocycles. The Morgan fingerprint density at radius 3 is 2.79 bits per heavy atom. The summed E-state index contributed by atoms with van der Waals surface area (Å²) in [5.41, 5.74) is 9.23. The van der Waals surface area contributed by atoms with Crippen molar-refractivity contribution in [2.24, 2.45) is 0 Å². The molecule has 0 amide bonds. The molecule has 5 heteroatoms. The van der Waals surface area contributed by atoms with Gasteiger partial charge < -0.3 is 10.5 Å². The van der Waals surface area contributed by atoms with Gasteiger partial charge in [-0.3, -0.25) is 0 Å². The molecular formula is C14H14IN3O. The summed E-state index contributed by atoms with van der Waals surface area (Å²) in [5.74, 6) is 0.401. The van der Waals surface area contributed by atoms with Crippen LogP contribution in [0.2, 0.25) is 0 Å². The second-order valence-corrected chi connectivity index (χ2v) is 4.54. The van der Waals surface area contributed by atoms with Gasteiger partial charge in [-0.2, -0.15) is 0 Å². The minimum atomic E-state index is 0.401. The lowest BCUT2D eigenvalue weighted by Crippen LogP contribution is -2.03. The fourth-order valence-corrected chi connectivity index (χ4v) is 1.86. The topological polar surface area (TPSA) is 61.0 Å². The van der Waals surface area contributed by atoms with Crippen molar-refractivity contribution < 1.29 is 4.74 Å². The molecule has 0 spiro atoms. The third-order valence-electron chi connectivity index (χ3n) is 2.53. The summed E-state index contributed by atoms with van der Waals surface area (Å²) in [6.45, 7) is 1.89. The van der Waals surface area contributed by atoms with Crippen LogP contribution < -0.4 is 5.73 Å². The van der Waals surface area contributed by atoms with Crippen LogP contribution in [0, 0.1) is 6.92 Å². The molecular weight excluding hydrogens is 353 g/mol. The molecule has 1 heterocycles. The minimum absolute atomic E-state index is 0.401. The Balaban J connectivity index is 2.52. The highest BCUT2D eigenvalue weighted by atomic mass is 127. The van der Waals surface area contributed by atoms with Gasteiger partial charge in [0.1, 0.15) is 16.1 Å². The van der Waals surface area contributed by atoms with E-state index in [-0.39, 0.29) is 0 Å². The highest BCUT2D eigenvalue weighted by Crippen LogP contribution is 2.25. The second kappa shape index (κ2) is 6.51. The summed E-state index contributed by atoms with van der Waals surface area (Å²) >= 11 is 2.14. The van der Waals surface area contributed by atoms with Crippen LogP contribution in [0.15, 0.2) is 42.8 Å². The number of nitrogen functional groups attached to an aromatic ring is 1. The molecule has 0 atom stereocenters. The number of nitrogens with two attached hydrogens (primary N) is 1. The van der Waals surface area contributed by atoms with Gasteiger partial charge in [0.05, 0.1) is 18.2 Å². The average Bonchev–Trinajstić information content (AvgIpc) is 2.44. The Bertz CT molecular complexity index is 584. The third kappa shape index (κ3) is 3.44. The summed E-state index contributed by atoms with van der Waals surface area (Å²) < 4.78 is 5.96. The standard InChI is InChI=1S/C14H14IN3O/c1-10-7-17-14(16)13(18-10)12(8-19-9-15)11-5-3-2-4-6-11/h2-8H,9H2,1H3,(H2,16,17)/b12-8+. The molecule has 0 radical (unpaired) electrons. The van der Waals surface area contributed by atoms with Gasteiger partial charge in [0.15, 0.2) is 0 Å². The zero-order valence-corrected chi connectivity index (χ0v) is 12.7. The van der Waals surface area contributed by atoms with Crippen molar-refractivity contribution in [3.8, 4) is 0 Å². The molecule has 0 aliphatic rings. The van der Waals surface area contributed by atoms with E-state index < -0.39 is 0 Å². The molecule has 0 bridgehead atoms. The van der Waals surface area contributed by atoms with Gasteiger partial charge in [-0.1, -0.05) is 30.3 Å². The lowest BCUT2D eigenvalue weighted by Gasteiger charge is -2.10. The number of halogens is 1. The van der Waals surface area contributed by atoms with E-state index in [2.05, 4.69) is 32.6 Å². The van der Waals surface area contributed by atoms with E-state index in [0.29, 0.717) is 16.1 Å². The van der Waals surface area contributed by atoms with Gasteiger partial charge in [-0.05, 0) is 35.1 Å². The number of benzene rings is 1. The Morgan fingerprint density at radius 1 is 1.37 bits per heavy atom. The van der Waals surface area contributed by atoms with Crippen LogP contribution in [0.1, 0.15) is 17.0 Å². The lowest BCUT2D eigenvalue weighted by molar-refractivity contribution is 0.330. The van der Waals surface area contributed by atoms with E-state index in [0.717, 1.165) is 16.8 Å². The number of ether oxygens (including phenoxy) is 1. The second-order valence-electron chi connectivity index (χ2n) is 3.92. The van der Waals surface area contributed by atoms with E-state index in [1.54, 1.807) is 12.5 Å². The predicted molar refractivity (Wildman–Crippen MR) is 84.7 cm³/mol. The molecule has 0 fully saturated rings. The first kappa shape index (κ1) is 13.8. The van der Waals surface area contributed by atoms with Gasteiger partial charge in [0.2, 0.25) is 0 Å². The molecule has 0 unspecified atom stereocenters.